The Morgan fingerprint density at radius 3 is 2.17 bits per heavy atom. The summed E-state index contributed by atoms with van der Waals surface area (Å²) in [5.41, 5.74) is 7.84. The molecule has 29 heavy (non-hydrogen) atoms. The Bertz CT molecular complexity index is 1080. The van der Waals surface area contributed by atoms with Crippen LogP contribution in [0.1, 0.15) is 60.4 Å². The van der Waals surface area contributed by atoms with Crippen molar-refractivity contribution in [3.05, 3.63) is 94.0 Å². The highest BCUT2D eigenvalue weighted by atomic mass is 19.1. The molecule has 0 aromatic heterocycles. The second kappa shape index (κ2) is 8.62. The van der Waals surface area contributed by atoms with Gasteiger partial charge in [-0.3, -0.25) is 0 Å². The third-order valence-electron chi connectivity index (χ3n) is 5.48. The third kappa shape index (κ3) is 4.57. The zero-order valence-corrected chi connectivity index (χ0v) is 16.7. The van der Waals surface area contributed by atoms with Crippen molar-refractivity contribution in [2.75, 3.05) is 0 Å². The second-order valence-electron chi connectivity index (χ2n) is 7.76. The van der Waals surface area contributed by atoms with E-state index in [1.807, 2.05) is 6.07 Å². The van der Waals surface area contributed by atoms with Crippen LogP contribution in [0.15, 0.2) is 54.6 Å². The summed E-state index contributed by atoms with van der Waals surface area (Å²) in [4.78, 5) is 0. The molecular formula is C27H24F2. The molecule has 0 fully saturated rings. The van der Waals surface area contributed by atoms with Gasteiger partial charge in [-0.05, 0) is 71.3 Å². The lowest BCUT2D eigenvalue weighted by molar-refractivity contribution is 0.582. The summed E-state index contributed by atoms with van der Waals surface area (Å²) in [6.07, 6.45) is 7.18. The summed E-state index contributed by atoms with van der Waals surface area (Å²) in [7, 11) is 0. The highest BCUT2D eigenvalue weighted by Crippen LogP contribution is 2.37. The summed E-state index contributed by atoms with van der Waals surface area (Å²) < 4.78 is 26.7. The Morgan fingerprint density at radius 1 is 0.724 bits per heavy atom. The van der Waals surface area contributed by atoms with E-state index in [1.54, 1.807) is 0 Å². The molecule has 0 aliphatic heterocycles. The fourth-order valence-electron chi connectivity index (χ4n) is 4.02. The average molecular weight is 386 g/mol. The molecule has 0 unspecified atom stereocenters. The van der Waals surface area contributed by atoms with Gasteiger partial charge in [-0.2, -0.15) is 0 Å². The number of hydrogen-bond acceptors (Lipinski definition) is 0. The normalized spacial score (nSPS) is 11.6. The first-order chi connectivity index (χ1) is 14.1. The van der Waals surface area contributed by atoms with Gasteiger partial charge >= 0.3 is 0 Å². The molecule has 1 aliphatic rings. The Balaban J connectivity index is 1.51. The summed E-state index contributed by atoms with van der Waals surface area (Å²) in [5.74, 6) is 4.69. The quantitative estimate of drug-likeness (QED) is 0.254. The first-order valence-corrected chi connectivity index (χ1v) is 10.4. The van der Waals surface area contributed by atoms with Crippen LogP contribution in [0.3, 0.4) is 0 Å². The molecule has 3 aromatic carbocycles. The lowest BCUT2D eigenvalue weighted by Crippen LogP contribution is -1.89. The lowest BCUT2D eigenvalue weighted by atomic mass is 10.00. The molecule has 0 bridgehead atoms. The summed E-state index contributed by atoms with van der Waals surface area (Å²) >= 11 is 0. The first kappa shape index (κ1) is 19.4. The number of rotatable bonds is 5. The van der Waals surface area contributed by atoms with E-state index in [4.69, 9.17) is 0 Å². The molecule has 2 heteroatoms. The van der Waals surface area contributed by atoms with Gasteiger partial charge < -0.3 is 0 Å². The van der Waals surface area contributed by atoms with Crippen LogP contribution in [0.4, 0.5) is 8.78 Å². The number of aryl methyl sites for hydroxylation is 1. The van der Waals surface area contributed by atoms with Crippen LogP contribution in [0.5, 0.6) is 0 Å². The molecule has 0 N–H and O–H groups in total. The Morgan fingerprint density at radius 2 is 1.41 bits per heavy atom. The first-order valence-electron chi connectivity index (χ1n) is 10.4. The average Bonchev–Trinajstić information content (AvgIpc) is 3.06. The predicted molar refractivity (Wildman–Crippen MR) is 115 cm³/mol. The molecule has 3 aromatic rings. The topological polar surface area (TPSA) is 0 Å². The largest absolute Gasteiger partial charge is 0.207 e. The van der Waals surface area contributed by atoms with E-state index in [2.05, 4.69) is 49.1 Å². The number of fused-ring (bicyclic) bond motifs is 3. The molecule has 0 heterocycles. The number of halogens is 2. The van der Waals surface area contributed by atoms with Gasteiger partial charge in [-0.25, -0.2) is 8.78 Å². The van der Waals surface area contributed by atoms with Crippen molar-refractivity contribution in [3.8, 4) is 23.0 Å². The fraction of sp³-hybridized carbons (Fsp3) is 0.259. The van der Waals surface area contributed by atoms with Crippen molar-refractivity contribution in [2.45, 2.75) is 45.4 Å². The van der Waals surface area contributed by atoms with Gasteiger partial charge in [0.25, 0.3) is 0 Å². The van der Waals surface area contributed by atoms with Crippen LogP contribution < -0.4 is 0 Å². The Kier molecular flexibility index (Phi) is 5.76. The molecule has 0 amide bonds. The van der Waals surface area contributed by atoms with Crippen molar-refractivity contribution in [1.82, 2.24) is 0 Å². The molecule has 0 radical (unpaired) electrons. The van der Waals surface area contributed by atoms with Crippen molar-refractivity contribution >= 4 is 0 Å². The maximum absolute atomic E-state index is 13.3. The molecule has 0 spiro atoms. The van der Waals surface area contributed by atoms with E-state index in [0.29, 0.717) is 5.56 Å². The van der Waals surface area contributed by atoms with E-state index < -0.39 is 11.6 Å². The van der Waals surface area contributed by atoms with E-state index in [-0.39, 0.29) is 0 Å². The van der Waals surface area contributed by atoms with Gasteiger partial charge in [-0.15, -0.1) is 0 Å². The van der Waals surface area contributed by atoms with Crippen LogP contribution in [-0.4, -0.2) is 0 Å². The SMILES string of the molecule is CCCCCCc1ccc2c(c1)Cc1cc(C#Cc3cc(F)cc(F)c3)ccc1-2. The van der Waals surface area contributed by atoms with Gasteiger partial charge in [-0.1, -0.05) is 62.3 Å². The van der Waals surface area contributed by atoms with Crippen molar-refractivity contribution in [1.29, 1.82) is 0 Å². The van der Waals surface area contributed by atoms with Gasteiger partial charge in [0.2, 0.25) is 0 Å². The molecule has 4 rings (SSSR count). The zero-order valence-electron chi connectivity index (χ0n) is 16.7. The second-order valence-corrected chi connectivity index (χ2v) is 7.76. The van der Waals surface area contributed by atoms with Crippen LogP contribution in [0.2, 0.25) is 0 Å². The molecule has 0 nitrogen and oxygen atoms in total. The minimum Gasteiger partial charge on any atom is -0.207 e. The minimum absolute atomic E-state index is 0.346. The van der Waals surface area contributed by atoms with Gasteiger partial charge in [0, 0.05) is 17.2 Å². The molecule has 146 valence electrons. The van der Waals surface area contributed by atoms with Gasteiger partial charge in [0.1, 0.15) is 11.6 Å². The number of hydrogen-bond donors (Lipinski definition) is 0. The van der Waals surface area contributed by atoms with E-state index in [1.165, 1.54) is 65.6 Å². The van der Waals surface area contributed by atoms with Gasteiger partial charge in [0.05, 0.1) is 0 Å². The maximum atomic E-state index is 13.3. The molecule has 0 atom stereocenters. The van der Waals surface area contributed by atoms with E-state index in [9.17, 15) is 8.78 Å². The lowest BCUT2D eigenvalue weighted by Gasteiger charge is -2.05. The highest BCUT2D eigenvalue weighted by Gasteiger charge is 2.18. The molecule has 1 aliphatic carbocycles. The van der Waals surface area contributed by atoms with Crippen molar-refractivity contribution in [3.63, 3.8) is 0 Å². The van der Waals surface area contributed by atoms with Gasteiger partial charge in [0.15, 0.2) is 0 Å². The summed E-state index contributed by atoms with van der Waals surface area (Å²) in [5, 5.41) is 0. The predicted octanol–water partition coefficient (Wildman–Crippen LogP) is 7.06. The summed E-state index contributed by atoms with van der Waals surface area (Å²) in [6, 6.07) is 16.4. The van der Waals surface area contributed by atoms with Crippen molar-refractivity contribution in [2.24, 2.45) is 0 Å². The standard InChI is InChI=1S/C27H24F2/c1-2-3-4-5-6-19-9-11-26-22(13-19)17-23-14-20(10-12-27(23)26)7-8-21-15-24(28)18-25(29)16-21/h9-16,18H,2-6,17H2,1H3. The zero-order chi connectivity index (χ0) is 20.2. The Labute approximate surface area is 171 Å². The highest BCUT2D eigenvalue weighted by molar-refractivity contribution is 5.77. The van der Waals surface area contributed by atoms with Crippen LogP contribution in [-0.2, 0) is 12.8 Å². The minimum atomic E-state index is -0.607. The van der Waals surface area contributed by atoms with Crippen LogP contribution >= 0.6 is 0 Å². The van der Waals surface area contributed by atoms with E-state index in [0.717, 1.165) is 24.5 Å². The number of benzene rings is 3. The van der Waals surface area contributed by atoms with Crippen LogP contribution in [0, 0.1) is 23.5 Å². The third-order valence-corrected chi connectivity index (χ3v) is 5.48. The summed E-state index contributed by atoms with van der Waals surface area (Å²) in [6.45, 7) is 2.24. The monoisotopic (exact) mass is 386 g/mol. The fourth-order valence-corrected chi connectivity index (χ4v) is 4.02. The number of unbranched alkanes of at least 4 members (excludes halogenated alkanes) is 3. The van der Waals surface area contributed by atoms with Crippen molar-refractivity contribution < 1.29 is 8.78 Å². The Hall–Kier alpha value is -2.92. The maximum Gasteiger partial charge on any atom is 0.127 e. The smallest absolute Gasteiger partial charge is 0.127 e. The van der Waals surface area contributed by atoms with Crippen LogP contribution in [0.25, 0.3) is 11.1 Å². The molecular weight excluding hydrogens is 362 g/mol. The molecule has 0 saturated heterocycles. The van der Waals surface area contributed by atoms with E-state index >= 15 is 0 Å². The molecule has 0 saturated carbocycles.